The van der Waals surface area contributed by atoms with Crippen molar-refractivity contribution in [2.45, 2.75) is 38.1 Å². The molecule has 3 rings (SSSR count). The Morgan fingerprint density at radius 1 is 1.26 bits per heavy atom. The second kappa shape index (κ2) is 6.83. The number of aromatic amines is 1. The van der Waals surface area contributed by atoms with Crippen LogP contribution in [0.3, 0.4) is 0 Å². The summed E-state index contributed by atoms with van der Waals surface area (Å²) in [5.74, 6) is -0.182. The van der Waals surface area contributed by atoms with Crippen molar-refractivity contribution in [1.29, 1.82) is 0 Å². The van der Waals surface area contributed by atoms with Crippen LogP contribution in [-0.4, -0.2) is 27.6 Å². The average molecular weight is 314 g/mol. The number of carboxylic acid groups (broad SMARTS) is 1. The van der Waals surface area contributed by atoms with E-state index in [1.807, 2.05) is 6.07 Å². The van der Waals surface area contributed by atoms with Crippen LogP contribution in [0.25, 0.3) is 11.3 Å². The Labute approximate surface area is 135 Å². The molecule has 0 radical (unpaired) electrons. The molecule has 0 saturated heterocycles. The molecule has 5 N–H and O–H groups in total. The number of carboxylic acids is 1. The molecule has 0 amide bonds. The van der Waals surface area contributed by atoms with Crippen molar-refractivity contribution in [1.82, 2.24) is 9.97 Å². The van der Waals surface area contributed by atoms with Gasteiger partial charge in [-0.1, -0.05) is 19.3 Å². The molecule has 6 heteroatoms. The quantitative estimate of drug-likeness (QED) is 0.647. The molecule has 2 heterocycles. The number of aromatic carboxylic acids is 1. The molecule has 2 aromatic rings. The van der Waals surface area contributed by atoms with E-state index in [2.05, 4.69) is 15.3 Å². The second-order valence-corrected chi connectivity index (χ2v) is 5.98. The number of aromatic nitrogens is 2. The van der Waals surface area contributed by atoms with Crippen molar-refractivity contribution < 1.29 is 9.90 Å². The number of rotatable bonds is 1. The second-order valence-electron chi connectivity index (χ2n) is 5.98. The lowest BCUT2D eigenvalue weighted by molar-refractivity contribution is 0.0697. The number of H-pyrrole nitrogens is 1. The molecule has 0 aliphatic carbocycles. The van der Waals surface area contributed by atoms with Gasteiger partial charge in [0.05, 0.1) is 23.5 Å². The third-order valence-corrected chi connectivity index (χ3v) is 4.26. The van der Waals surface area contributed by atoms with Crippen LogP contribution in [0, 0.1) is 0 Å². The summed E-state index contributed by atoms with van der Waals surface area (Å²) in [6.45, 7) is 0.868. The first-order valence-electron chi connectivity index (χ1n) is 8.07. The predicted octanol–water partition coefficient (Wildman–Crippen LogP) is 3.15. The Balaban J connectivity index is 2.01. The molecule has 2 bridgehead atoms. The fraction of sp³-hybridized carbons (Fsp3) is 0.412. The third kappa shape index (κ3) is 3.53. The Bertz CT molecular complexity index is 696. The predicted molar refractivity (Wildman–Crippen MR) is 89.5 cm³/mol. The van der Waals surface area contributed by atoms with E-state index in [1.54, 1.807) is 18.3 Å². The topological polar surface area (TPSA) is 104 Å². The lowest BCUT2D eigenvalue weighted by Gasteiger charge is -2.12. The van der Waals surface area contributed by atoms with Crippen molar-refractivity contribution in [3.05, 3.63) is 35.8 Å². The highest BCUT2D eigenvalue weighted by atomic mass is 16.4. The Hall–Kier alpha value is -2.34. The van der Waals surface area contributed by atoms with Crippen molar-refractivity contribution in [2.24, 2.45) is 5.73 Å². The smallest absolute Gasteiger partial charge is 0.335 e. The van der Waals surface area contributed by atoms with Crippen LogP contribution in [0.15, 0.2) is 24.4 Å². The number of benzene rings is 1. The first kappa shape index (κ1) is 15.6. The summed E-state index contributed by atoms with van der Waals surface area (Å²) < 4.78 is 0. The number of anilines is 1. The van der Waals surface area contributed by atoms with E-state index in [4.69, 9.17) is 5.73 Å². The van der Waals surface area contributed by atoms with Crippen LogP contribution >= 0.6 is 0 Å². The fourth-order valence-electron chi connectivity index (χ4n) is 2.92. The molecule has 1 aromatic carbocycles. The molecule has 1 atom stereocenters. The van der Waals surface area contributed by atoms with Gasteiger partial charge in [0, 0.05) is 17.8 Å². The summed E-state index contributed by atoms with van der Waals surface area (Å²) in [5, 5.41) is 12.6. The lowest BCUT2D eigenvalue weighted by Crippen LogP contribution is -2.11. The Kier molecular flexibility index (Phi) is 4.62. The van der Waals surface area contributed by atoms with Gasteiger partial charge in [0.25, 0.3) is 0 Å². The third-order valence-electron chi connectivity index (χ3n) is 4.26. The van der Waals surface area contributed by atoms with Gasteiger partial charge in [-0.05, 0) is 31.0 Å². The first-order valence-corrected chi connectivity index (χ1v) is 8.07. The average Bonchev–Trinajstić information content (AvgIpc) is 3.03. The summed E-state index contributed by atoms with van der Waals surface area (Å²) in [7, 11) is 0. The van der Waals surface area contributed by atoms with Crippen molar-refractivity contribution >= 4 is 11.7 Å². The summed E-state index contributed by atoms with van der Waals surface area (Å²) in [5.41, 5.74) is 8.98. The van der Waals surface area contributed by atoms with Gasteiger partial charge in [-0.2, -0.15) is 0 Å². The van der Waals surface area contributed by atoms with Crippen LogP contribution in [-0.2, 0) is 0 Å². The monoisotopic (exact) mass is 314 g/mol. The zero-order chi connectivity index (χ0) is 16.2. The number of imidazole rings is 1. The number of hydrogen-bond acceptors (Lipinski definition) is 4. The normalized spacial score (nSPS) is 18.7. The van der Waals surface area contributed by atoms with E-state index < -0.39 is 5.97 Å². The Morgan fingerprint density at radius 2 is 2.09 bits per heavy atom. The van der Waals surface area contributed by atoms with Gasteiger partial charge in [-0.3, -0.25) is 0 Å². The number of nitrogens with two attached hydrogens (primary N) is 1. The van der Waals surface area contributed by atoms with Gasteiger partial charge in [-0.15, -0.1) is 0 Å². The molecule has 0 fully saturated rings. The number of nitrogens with one attached hydrogen (secondary N) is 2. The number of fused-ring (bicyclic) bond motifs is 4. The minimum atomic E-state index is -0.938. The van der Waals surface area contributed by atoms with Crippen molar-refractivity contribution in [3.8, 4) is 11.3 Å². The lowest BCUT2D eigenvalue weighted by atomic mass is 10.1. The highest BCUT2D eigenvalue weighted by Crippen LogP contribution is 2.29. The van der Waals surface area contributed by atoms with E-state index in [0.29, 0.717) is 0 Å². The van der Waals surface area contributed by atoms with Gasteiger partial charge in [0.1, 0.15) is 5.82 Å². The maximum Gasteiger partial charge on any atom is 0.335 e. The van der Waals surface area contributed by atoms with Crippen LogP contribution in [0.5, 0.6) is 0 Å². The van der Waals surface area contributed by atoms with E-state index in [0.717, 1.165) is 61.4 Å². The minimum Gasteiger partial charge on any atom is -0.478 e. The molecule has 0 spiro atoms. The summed E-state index contributed by atoms with van der Waals surface area (Å²) in [4.78, 5) is 18.9. The van der Waals surface area contributed by atoms with E-state index in [9.17, 15) is 9.90 Å². The number of hydrogen-bond donors (Lipinski definition) is 4. The summed E-state index contributed by atoms with van der Waals surface area (Å²) in [6.07, 6.45) is 7.13. The van der Waals surface area contributed by atoms with E-state index in [1.165, 1.54) is 0 Å². The van der Waals surface area contributed by atoms with Gasteiger partial charge >= 0.3 is 5.97 Å². The van der Waals surface area contributed by atoms with Crippen LogP contribution in [0.1, 0.15) is 54.3 Å². The van der Waals surface area contributed by atoms with Gasteiger partial charge in [0.15, 0.2) is 0 Å². The molecule has 23 heavy (non-hydrogen) atoms. The molecule has 0 unspecified atom stereocenters. The highest BCUT2D eigenvalue weighted by Gasteiger charge is 2.15. The van der Waals surface area contributed by atoms with Gasteiger partial charge < -0.3 is 21.1 Å². The molecule has 122 valence electrons. The van der Waals surface area contributed by atoms with Crippen LogP contribution in [0.4, 0.5) is 5.69 Å². The van der Waals surface area contributed by atoms with Gasteiger partial charge in [-0.25, -0.2) is 9.78 Å². The molecule has 6 nitrogen and oxygen atoms in total. The minimum absolute atomic E-state index is 0.108. The maximum absolute atomic E-state index is 11.3. The Morgan fingerprint density at radius 3 is 2.91 bits per heavy atom. The van der Waals surface area contributed by atoms with Crippen LogP contribution in [0.2, 0.25) is 0 Å². The fourth-order valence-corrected chi connectivity index (χ4v) is 2.92. The number of nitrogens with zero attached hydrogens (tertiary/aromatic N) is 1. The molecule has 0 saturated carbocycles. The van der Waals surface area contributed by atoms with E-state index in [-0.39, 0.29) is 11.6 Å². The maximum atomic E-state index is 11.3. The standard InChI is InChI=1S/C17H22N4O2/c18-13-5-3-1-2-4-8-19-14-7-6-11(17(22)23)9-12(14)15-10-20-16(13)21-15/h6-7,9-10,13,19H,1-5,8,18H2,(H,20,21)(H,22,23)/t13-/m0/s1. The first-order chi connectivity index (χ1) is 11.1. The summed E-state index contributed by atoms with van der Waals surface area (Å²) in [6, 6.07) is 5.00. The van der Waals surface area contributed by atoms with E-state index >= 15 is 0 Å². The van der Waals surface area contributed by atoms with Crippen molar-refractivity contribution in [3.63, 3.8) is 0 Å². The molecular formula is C17H22N4O2. The highest BCUT2D eigenvalue weighted by molar-refractivity contribution is 5.91. The van der Waals surface area contributed by atoms with Crippen LogP contribution < -0.4 is 11.1 Å². The SMILES string of the molecule is N[C@H]1CCCCCCNc2ccc(C(=O)O)cc2-c2cnc1[nH]2. The number of carbonyl (C=O) groups is 1. The summed E-state index contributed by atoms with van der Waals surface area (Å²) >= 11 is 0. The largest absolute Gasteiger partial charge is 0.478 e. The van der Waals surface area contributed by atoms with Gasteiger partial charge in [0.2, 0.25) is 0 Å². The molecule has 1 aliphatic rings. The molecule has 1 aliphatic heterocycles. The van der Waals surface area contributed by atoms with Crippen molar-refractivity contribution in [2.75, 3.05) is 11.9 Å². The molecular weight excluding hydrogens is 292 g/mol. The molecule has 1 aromatic heterocycles. The zero-order valence-electron chi connectivity index (χ0n) is 13.0. The zero-order valence-corrected chi connectivity index (χ0v) is 13.0.